The molecule has 2 aliphatic heterocycles. The maximum atomic E-state index is 6.30. The second-order valence-electron chi connectivity index (χ2n) is 9.54. The molecule has 0 atom stereocenters. The van der Waals surface area contributed by atoms with Gasteiger partial charge in [-0.05, 0) is 82.9 Å². The molecule has 5 aromatic rings. The van der Waals surface area contributed by atoms with Gasteiger partial charge < -0.3 is 28.4 Å². The van der Waals surface area contributed by atoms with Crippen molar-refractivity contribution in [3.63, 3.8) is 0 Å². The standard InChI is InChI=1S/C34H26O6/c1-5-13-31-27(9-1)35-19-23-17-25-21-37-29-11-3-7-15-33(29)40-34-16-8-4-12-30(34)38-22-26(25)18-24(23)20-36-28-10-2-6-14-32(28)39-31/h1-18H,19-22H2. The van der Waals surface area contributed by atoms with Crippen LogP contribution in [-0.4, -0.2) is 0 Å². The first-order valence-electron chi connectivity index (χ1n) is 13.2. The molecule has 0 aromatic heterocycles. The molecule has 6 nitrogen and oxygen atoms in total. The van der Waals surface area contributed by atoms with Gasteiger partial charge in [-0.25, -0.2) is 0 Å². The normalized spacial score (nSPS) is 13.8. The minimum absolute atomic E-state index is 0.339. The Morgan fingerprint density at radius 1 is 0.300 bits per heavy atom. The lowest BCUT2D eigenvalue weighted by Crippen LogP contribution is -2.10. The van der Waals surface area contributed by atoms with Gasteiger partial charge in [0.2, 0.25) is 0 Å². The van der Waals surface area contributed by atoms with Gasteiger partial charge in [-0.2, -0.15) is 0 Å². The topological polar surface area (TPSA) is 55.4 Å². The molecule has 0 amide bonds. The first-order chi connectivity index (χ1) is 19.8. The van der Waals surface area contributed by atoms with Gasteiger partial charge in [-0.15, -0.1) is 0 Å². The summed E-state index contributed by atoms with van der Waals surface area (Å²) in [4.78, 5) is 0. The molecule has 0 N–H and O–H groups in total. The number of benzene rings is 5. The van der Waals surface area contributed by atoms with Gasteiger partial charge in [0.05, 0.1) is 0 Å². The third kappa shape index (κ3) is 4.87. The quantitative estimate of drug-likeness (QED) is 0.201. The number of fused-ring (bicyclic) bond motifs is 6. The van der Waals surface area contributed by atoms with Crippen LogP contribution in [0.25, 0.3) is 0 Å². The number of hydrogen-bond acceptors (Lipinski definition) is 6. The van der Waals surface area contributed by atoms with E-state index in [9.17, 15) is 0 Å². The Morgan fingerprint density at radius 2 is 0.525 bits per heavy atom. The van der Waals surface area contributed by atoms with Gasteiger partial charge in [-0.3, -0.25) is 0 Å². The number of hydrogen-bond donors (Lipinski definition) is 0. The zero-order valence-electron chi connectivity index (χ0n) is 21.7. The fraction of sp³-hybridized carbons (Fsp3) is 0.118. The molecule has 2 aliphatic rings. The fourth-order valence-electron chi connectivity index (χ4n) is 4.80. The van der Waals surface area contributed by atoms with E-state index >= 15 is 0 Å². The average Bonchev–Trinajstić information content (AvgIpc) is 3.04. The average molecular weight is 531 g/mol. The van der Waals surface area contributed by atoms with Crippen LogP contribution < -0.4 is 28.4 Å². The van der Waals surface area contributed by atoms with Crippen molar-refractivity contribution >= 4 is 0 Å². The monoisotopic (exact) mass is 530 g/mol. The molecule has 0 radical (unpaired) electrons. The highest BCUT2D eigenvalue weighted by Gasteiger charge is 2.19. The molecule has 5 aromatic carbocycles. The molecule has 198 valence electrons. The van der Waals surface area contributed by atoms with E-state index in [1.165, 1.54) is 0 Å². The van der Waals surface area contributed by atoms with Crippen LogP contribution in [0, 0.1) is 0 Å². The van der Waals surface area contributed by atoms with Crippen LogP contribution in [0.4, 0.5) is 0 Å². The minimum atomic E-state index is 0.339. The van der Waals surface area contributed by atoms with E-state index in [1.54, 1.807) is 0 Å². The van der Waals surface area contributed by atoms with E-state index in [4.69, 9.17) is 28.4 Å². The number of ether oxygens (including phenoxy) is 6. The van der Waals surface area contributed by atoms with Gasteiger partial charge in [0.25, 0.3) is 0 Å². The predicted octanol–water partition coefficient (Wildman–Crippen LogP) is 8.21. The molecule has 7 rings (SSSR count). The second-order valence-corrected chi connectivity index (χ2v) is 9.54. The van der Waals surface area contributed by atoms with Crippen LogP contribution in [-0.2, 0) is 26.4 Å². The number of rotatable bonds is 0. The van der Waals surface area contributed by atoms with Crippen molar-refractivity contribution < 1.29 is 28.4 Å². The van der Waals surface area contributed by atoms with Crippen LogP contribution in [0.5, 0.6) is 46.0 Å². The summed E-state index contributed by atoms with van der Waals surface area (Å²) in [6, 6.07) is 34.9. The molecule has 0 unspecified atom stereocenters. The molecule has 40 heavy (non-hydrogen) atoms. The molecule has 0 aliphatic carbocycles. The Labute approximate surface area is 232 Å². The molecule has 0 bridgehead atoms. The zero-order chi connectivity index (χ0) is 26.7. The molecular weight excluding hydrogens is 504 g/mol. The maximum Gasteiger partial charge on any atom is 0.169 e. The lowest BCUT2D eigenvalue weighted by Gasteiger charge is -2.18. The summed E-state index contributed by atoms with van der Waals surface area (Å²) >= 11 is 0. The highest BCUT2D eigenvalue weighted by atomic mass is 16.5. The third-order valence-corrected chi connectivity index (χ3v) is 6.89. The Kier molecular flexibility index (Phi) is 6.34. The van der Waals surface area contributed by atoms with Gasteiger partial charge >= 0.3 is 0 Å². The Hall–Kier alpha value is -5.10. The van der Waals surface area contributed by atoms with Crippen LogP contribution in [0.1, 0.15) is 22.3 Å². The van der Waals surface area contributed by atoms with Crippen molar-refractivity contribution in [1.29, 1.82) is 0 Å². The van der Waals surface area contributed by atoms with Crippen molar-refractivity contribution in [2.24, 2.45) is 0 Å². The first kappa shape index (κ1) is 24.0. The van der Waals surface area contributed by atoms with Crippen LogP contribution in [0.15, 0.2) is 109 Å². The van der Waals surface area contributed by atoms with Gasteiger partial charge in [-0.1, -0.05) is 48.5 Å². The summed E-state index contributed by atoms with van der Waals surface area (Å²) in [5.74, 6) is 5.14. The summed E-state index contributed by atoms with van der Waals surface area (Å²) < 4.78 is 37.6. The van der Waals surface area contributed by atoms with Gasteiger partial charge in [0.15, 0.2) is 46.0 Å². The fourth-order valence-corrected chi connectivity index (χ4v) is 4.80. The van der Waals surface area contributed by atoms with E-state index < -0.39 is 0 Å². The number of para-hydroxylation sites is 8. The minimum Gasteiger partial charge on any atom is -0.485 e. The highest BCUT2D eigenvalue weighted by Crippen LogP contribution is 2.40. The molecule has 2 heterocycles. The summed E-state index contributed by atoms with van der Waals surface area (Å²) in [6.45, 7) is 1.36. The van der Waals surface area contributed by atoms with E-state index in [1.807, 2.05) is 97.1 Å². The Balaban J connectivity index is 1.30. The zero-order valence-corrected chi connectivity index (χ0v) is 21.7. The summed E-state index contributed by atoms with van der Waals surface area (Å²) in [5, 5.41) is 0. The van der Waals surface area contributed by atoms with E-state index in [0.29, 0.717) is 72.4 Å². The Bertz CT molecular complexity index is 1440. The molecular formula is C34H26O6. The molecule has 6 heteroatoms. The molecule has 0 spiro atoms. The molecule has 0 saturated heterocycles. The SMILES string of the molecule is c1ccc2c(c1)OCc1cc3c(cc1COc1ccccc1O2)COc1ccccc1Oc1ccccc1OC3. The van der Waals surface area contributed by atoms with Crippen molar-refractivity contribution in [3.05, 3.63) is 131 Å². The van der Waals surface area contributed by atoms with Crippen molar-refractivity contribution in [3.8, 4) is 46.0 Å². The van der Waals surface area contributed by atoms with Crippen LogP contribution >= 0.6 is 0 Å². The summed E-state index contributed by atoms with van der Waals surface area (Å²) in [6.07, 6.45) is 0. The van der Waals surface area contributed by atoms with E-state index in [2.05, 4.69) is 12.1 Å². The van der Waals surface area contributed by atoms with E-state index in [-0.39, 0.29) is 0 Å². The lowest BCUT2D eigenvalue weighted by molar-refractivity contribution is 0.278. The van der Waals surface area contributed by atoms with Crippen molar-refractivity contribution in [1.82, 2.24) is 0 Å². The summed E-state index contributed by atoms with van der Waals surface area (Å²) in [5.41, 5.74) is 3.99. The van der Waals surface area contributed by atoms with Crippen LogP contribution in [0.3, 0.4) is 0 Å². The van der Waals surface area contributed by atoms with Crippen molar-refractivity contribution in [2.75, 3.05) is 0 Å². The van der Waals surface area contributed by atoms with Crippen LogP contribution in [0.2, 0.25) is 0 Å². The van der Waals surface area contributed by atoms with E-state index in [0.717, 1.165) is 22.3 Å². The van der Waals surface area contributed by atoms with Gasteiger partial charge in [0, 0.05) is 0 Å². The molecule has 0 saturated carbocycles. The largest absolute Gasteiger partial charge is 0.485 e. The van der Waals surface area contributed by atoms with Gasteiger partial charge in [0.1, 0.15) is 26.4 Å². The predicted molar refractivity (Wildman–Crippen MR) is 150 cm³/mol. The maximum absolute atomic E-state index is 6.30. The third-order valence-electron chi connectivity index (χ3n) is 6.89. The summed E-state index contributed by atoms with van der Waals surface area (Å²) in [7, 11) is 0. The first-order valence-corrected chi connectivity index (χ1v) is 13.2. The van der Waals surface area contributed by atoms with Crippen molar-refractivity contribution in [2.45, 2.75) is 26.4 Å². The second kappa shape index (κ2) is 10.6. The molecule has 0 fully saturated rings. The highest BCUT2D eigenvalue weighted by molar-refractivity contribution is 5.50. The Morgan fingerprint density at radius 3 is 0.775 bits per heavy atom. The lowest BCUT2D eigenvalue weighted by atomic mass is 9.99. The smallest absolute Gasteiger partial charge is 0.169 e.